The number of esters is 1. The van der Waals surface area contributed by atoms with Gasteiger partial charge >= 0.3 is 5.97 Å². The fourth-order valence-electron chi connectivity index (χ4n) is 3.09. The molecule has 0 spiro atoms. The highest BCUT2D eigenvalue weighted by molar-refractivity contribution is 5.99. The molecule has 0 aromatic heterocycles. The van der Waals surface area contributed by atoms with Gasteiger partial charge in [0.2, 0.25) is 12.0 Å². The summed E-state index contributed by atoms with van der Waals surface area (Å²) in [5.74, 6) is -1.19. The number of rotatable bonds is 9. The van der Waals surface area contributed by atoms with E-state index in [0.717, 1.165) is 0 Å². The lowest BCUT2D eigenvalue weighted by molar-refractivity contribution is -0.125. The Hall–Kier alpha value is -4.64. The van der Waals surface area contributed by atoms with Gasteiger partial charge in [-0.1, -0.05) is 42.5 Å². The highest BCUT2D eigenvalue weighted by Crippen LogP contribution is 2.27. The van der Waals surface area contributed by atoms with Gasteiger partial charge in [0.1, 0.15) is 12.2 Å². The first-order chi connectivity index (χ1) is 16.5. The van der Waals surface area contributed by atoms with Crippen LogP contribution in [-0.2, 0) is 14.3 Å². The largest absolute Gasteiger partial charge is 0.492 e. The summed E-state index contributed by atoms with van der Waals surface area (Å²) in [5, 5.41) is 13.9. The molecule has 0 unspecified atom stereocenters. The quantitative estimate of drug-likeness (QED) is 0.458. The van der Waals surface area contributed by atoms with Gasteiger partial charge in [-0.05, 0) is 43.3 Å². The molecule has 8 nitrogen and oxygen atoms in total. The van der Waals surface area contributed by atoms with E-state index in [1.54, 1.807) is 60.7 Å². The van der Waals surface area contributed by atoms with Crippen LogP contribution in [0.15, 0.2) is 78.9 Å². The minimum absolute atomic E-state index is 0.196. The number of anilines is 2. The second-order valence-corrected chi connectivity index (χ2v) is 7.07. The van der Waals surface area contributed by atoms with Crippen LogP contribution in [0.1, 0.15) is 35.4 Å². The second-order valence-electron chi connectivity index (χ2n) is 7.07. The average molecular weight is 457 g/mol. The molecule has 0 radical (unpaired) electrons. The van der Waals surface area contributed by atoms with E-state index < -0.39 is 23.9 Å². The van der Waals surface area contributed by atoms with Crippen molar-refractivity contribution in [1.82, 2.24) is 0 Å². The monoisotopic (exact) mass is 457 g/mol. The first kappa shape index (κ1) is 24.0. The van der Waals surface area contributed by atoms with Crippen LogP contribution < -0.4 is 15.4 Å². The molecule has 34 heavy (non-hydrogen) atoms. The zero-order valence-electron chi connectivity index (χ0n) is 18.5. The fraction of sp³-hybridized carbons (Fsp3) is 0.154. The van der Waals surface area contributed by atoms with E-state index >= 15 is 0 Å². The zero-order valence-corrected chi connectivity index (χ0v) is 18.5. The average Bonchev–Trinajstić information content (AvgIpc) is 2.85. The van der Waals surface area contributed by atoms with Crippen LogP contribution in [0.25, 0.3) is 0 Å². The SMILES string of the molecule is CCOc1ccccc1NC(=O)[C@H](OC(=O)c1ccc(NC(=O)CC#N)cc1)c1ccccc1. The number of nitrogens with zero attached hydrogens (tertiary/aromatic N) is 1. The summed E-state index contributed by atoms with van der Waals surface area (Å²) < 4.78 is 11.2. The molecule has 0 bridgehead atoms. The molecule has 0 aliphatic heterocycles. The van der Waals surface area contributed by atoms with E-state index in [9.17, 15) is 14.4 Å². The predicted octanol–water partition coefficient (Wildman–Crippen LogP) is 4.47. The molecule has 1 atom stereocenters. The maximum atomic E-state index is 13.2. The van der Waals surface area contributed by atoms with E-state index in [-0.39, 0.29) is 12.0 Å². The van der Waals surface area contributed by atoms with Crippen LogP contribution >= 0.6 is 0 Å². The number of hydrogen-bond acceptors (Lipinski definition) is 6. The molecule has 3 rings (SSSR count). The lowest BCUT2D eigenvalue weighted by atomic mass is 10.1. The number of para-hydroxylation sites is 2. The number of nitrogens with one attached hydrogen (secondary N) is 2. The predicted molar refractivity (Wildman–Crippen MR) is 126 cm³/mol. The lowest BCUT2D eigenvalue weighted by Gasteiger charge is -2.19. The van der Waals surface area contributed by atoms with E-state index in [2.05, 4.69) is 10.6 Å². The molecule has 0 heterocycles. The van der Waals surface area contributed by atoms with Crippen molar-refractivity contribution in [2.24, 2.45) is 0 Å². The van der Waals surface area contributed by atoms with Crippen molar-refractivity contribution in [3.05, 3.63) is 90.0 Å². The number of benzene rings is 3. The molecule has 8 heteroatoms. The summed E-state index contributed by atoms with van der Waals surface area (Å²) in [6.07, 6.45) is -1.48. The minimum atomic E-state index is -1.21. The molecule has 2 N–H and O–H groups in total. The molecule has 172 valence electrons. The number of carbonyl (C=O) groups is 3. The van der Waals surface area contributed by atoms with E-state index in [0.29, 0.717) is 29.3 Å². The Bertz CT molecular complexity index is 1190. The van der Waals surface area contributed by atoms with Gasteiger partial charge in [0, 0.05) is 11.3 Å². The van der Waals surface area contributed by atoms with Gasteiger partial charge in [0.05, 0.1) is 23.9 Å². The van der Waals surface area contributed by atoms with E-state index in [1.807, 2.05) is 6.92 Å². The summed E-state index contributed by atoms with van der Waals surface area (Å²) in [6.45, 7) is 2.27. The Morgan fingerprint density at radius 1 is 0.912 bits per heavy atom. The summed E-state index contributed by atoms with van der Waals surface area (Å²) in [6, 6.07) is 23.4. The Labute approximate surface area is 197 Å². The molecule has 3 aromatic carbocycles. The molecular weight excluding hydrogens is 434 g/mol. The number of ether oxygens (including phenoxy) is 2. The maximum Gasteiger partial charge on any atom is 0.339 e. The molecule has 0 aliphatic rings. The second kappa shape index (κ2) is 11.8. The Morgan fingerprint density at radius 2 is 1.59 bits per heavy atom. The van der Waals surface area contributed by atoms with Gasteiger partial charge in [0.15, 0.2) is 0 Å². The van der Waals surface area contributed by atoms with Crippen molar-refractivity contribution in [3.8, 4) is 11.8 Å². The van der Waals surface area contributed by atoms with E-state index in [1.165, 1.54) is 24.3 Å². The number of amides is 2. The van der Waals surface area contributed by atoms with Crippen LogP contribution in [0.5, 0.6) is 5.75 Å². The van der Waals surface area contributed by atoms with Crippen LogP contribution in [0.2, 0.25) is 0 Å². The lowest BCUT2D eigenvalue weighted by Crippen LogP contribution is -2.26. The van der Waals surface area contributed by atoms with Crippen LogP contribution in [0.3, 0.4) is 0 Å². The summed E-state index contributed by atoms with van der Waals surface area (Å²) in [4.78, 5) is 37.5. The first-order valence-electron chi connectivity index (χ1n) is 10.6. The minimum Gasteiger partial charge on any atom is -0.492 e. The maximum absolute atomic E-state index is 13.2. The highest BCUT2D eigenvalue weighted by atomic mass is 16.5. The van der Waals surface area contributed by atoms with Crippen molar-refractivity contribution in [2.45, 2.75) is 19.4 Å². The Morgan fingerprint density at radius 3 is 2.26 bits per heavy atom. The molecular formula is C26H23N3O5. The number of carbonyl (C=O) groups excluding carboxylic acids is 3. The molecule has 0 saturated heterocycles. The molecule has 0 aliphatic carbocycles. The van der Waals surface area contributed by atoms with Gasteiger partial charge in [0.25, 0.3) is 5.91 Å². The van der Waals surface area contributed by atoms with Crippen molar-refractivity contribution >= 4 is 29.2 Å². The van der Waals surface area contributed by atoms with Crippen LogP contribution in [-0.4, -0.2) is 24.4 Å². The zero-order chi connectivity index (χ0) is 24.3. The summed E-state index contributed by atoms with van der Waals surface area (Å²) in [5.41, 5.74) is 1.59. The number of nitriles is 1. The first-order valence-corrected chi connectivity index (χ1v) is 10.6. The topological polar surface area (TPSA) is 118 Å². The standard InChI is InChI=1S/C26H23N3O5/c1-2-33-22-11-7-6-10-21(22)29-25(31)24(18-8-4-3-5-9-18)34-26(32)19-12-14-20(15-13-19)28-23(30)16-17-27/h3-15,24H,2,16H2,1H3,(H,28,30)(H,29,31)/t24-/m1/s1. The van der Waals surface area contributed by atoms with Gasteiger partial charge in [-0.15, -0.1) is 0 Å². The van der Waals surface area contributed by atoms with Gasteiger partial charge in [-0.25, -0.2) is 4.79 Å². The van der Waals surface area contributed by atoms with Crippen molar-refractivity contribution in [1.29, 1.82) is 5.26 Å². The molecule has 0 saturated carbocycles. The van der Waals surface area contributed by atoms with Crippen molar-refractivity contribution in [3.63, 3.8) is 0 Å². The van der Waals surface area contributed by atoms with Crippen LogP contribution in [0.4, 0.5) is 11.4 Å². The Balaban J connectivity index is 1.78. The molecule has 2 amide bonds. The van der Waals surface area contributed by atoms with Crippen molar-refractivity contribution < 1.29 is 23.9 Å². The summed E-state index contributed by atoms with van der Waals surface area (Å²) >= 11 is 0. The number of hydrogen-bond donors (Lipinski definition) is 2. The third-order valence-corrected chi connectivity index (χ3v) is 4.65. The molecule has 0 fully saturated rings. The highest BCUT2D eigenvalue weighted by Gasteiger charge is 2.26. The third-order valence-electron chi connectivity index (χ3n) is 4.65. The molecule has 3 aromatic rings. The van der Waals surface area contributed by atoms with Crippen LogP contribution in [0, 0.1) is 11.3 Å². The van der Waals surface area contributed by atoms with E-state index in [4.69, 9.17) is 14.7 Å². The van der Waals surface area contributed by atoms with Gasteiger partial charge in [-0.2, -0.15) is 5.26 Å². The summed E-state index contributed by atoms with van der Waals surface area (Å²) in [7, 11) is 0. The van der Waals surface area contributed by atoms with Crippen molar-refractivity contribution in [2.75, 3.05) is 17.2 Å². The fourth-order valence-corrected chi connectivity index (χ4v) is 3.09. The van der Waals surface area contributed by atoms with Gasteiger partial charge in [-0.3, -0.25) is 9.59 Å². The normalized spacial score (nSPS) is 10.9. The third kappa shape index (κ3) is 6.43. The van der Waals surface area contributed by atoms with Gasteiger partial charge < -0.3 is 20.1 Å². The Kier molecular flexibility index (Phi) is 8.36. The smallest absolute Gasteiger partial charge is 0.339 e.